The number of hydrogen-bond donors (Lipinski definition) is 0. The van der Waals surface area contributed by atoms with Gasteiger partial charge in [-0.3, -0.25) is 0 Å². The molecule has 0 N–H and O–H groups in total. The topological polar surface area (TPSA) is 61.3 Å². The van der Waals surface area contributed by atoms with Crippen LogP contribution in [0, 0.1) is 0 Å². The van der Waals surface area contributed by atoms with E-state index in [0.717, 1.165) is 48.5 Å². The predicted molar refractivity (Wildman–Crippen MR) is 112 cm³/mol. The van der Waals surface area contributed by atoms with E-state index in [1.807, 2.05) is 24.3 Å². The third-order valence-corrected chi connectivity index (χ3v) is 6.07. The van der Waals surface area contributed by atoms with Crippen molar-refractivity contribution in [3.05, 3.63) is 29.1 Å². The summed E-state index contributed by atoms with van der Waals surface area (Å²) in [6.07, 6.45) is 13.2. The second-order valence-corrected chi connectivity index (χ2v) is 8.22. The van der Waals surface area contributed by atoms with Crippen LogP contribution in [0.1, 0.15) is 80.3 Å². The molecule has 0 spiro atoms. The van der Waals surface area contributed by atoms with Crippen LogP contribution in [0.15, 0.2) is 24.3 Å². The zero-order valence-electron chi connectivity index (χ0n) is 16.7. The van der Waals surface area contributed by atoms with Crippen molar-refractivity contribution in [3.63, 3.8) is 0 Å². The Balaban J connectivity index is 1.64. The van der Waals surface area contributed by atoms with Crippen LogP contribution in [0.2, 0.25) is 0 Å². The Morgan fingerprint density at radius 2 is 1.50 bits per heavy atom. The number of hydrogen-bond acceptors (Lipinski definition) is 6. The first-order chi connectivity index (χ1) is 13.8. The van der Waals surface area contributed by atoms with Gasteiger partial charge >= 0.3 is 5.97 Å². The number of carbonyl (C=O) groups is 1. The fourth-order valence-corrected chi connectivity index (χ4v) is 4.28. The maximum atomic E-state index is 12.8. The number of nitrogens with zero attached hydrogens (tertiary/aromatic N) is 2. The molecule has 1 saturated carbocycles. The molecule has 0 amide bonds. The molecule has 2 aromatic rings. The SMILES string of the molecule is COc1ccc(-c2nnsc2C(=O)OC2CCCCCCCCCCC2)cc1. The van der Waals surface area contributed by atoms with Crippen molar-refractivity contribution >= 4 is 17.5 Å². The lowest BCUT2D eigenvalue weighted by atomic mass is 9.99. The van der Waals surface area contributed by atoms with Gasteiger partial charge in [-0.05, 0) is 61.5 Å². The lowest BCUT2D eigenvalue weighted by Gasteiger charge is -2.18. The molecule has 1 aromatic heterocycles. The Bertz CT molecular complexity index is 718. The lowest BCUT2D eigenvalue weighted by molar-refractivity contribution is 0.0254. The van der Waals surface area contributed by atoms with Crippen LogP contribution in [0.4, 0.5) is 0 Å². The maximum Gasteiger partial charge on any atom is 0.352 e. The summed E-state index contributed by atoms with van der Waals surface area (Å²) in [5.41, 5.74) is 1.44. The molecule has 152 valence electrons. The molecule has 0 saturated heterocycles. The van der Waals surface area contributed by atoms with Crippen LogP contribution in [0.3, 0.4) is 0 Å². The molecule has 3 rings (SSSR count). The minimum absolute atomic E-state index is 0.00209. The van der Waals surface area contributed by atoms with Crippen molar-refractivity contribution < 1.29 is 14.3 Å². The summed E-state index contributed by atoms with van der Waals surface area (Å²) in [6, 6.07) is 7.50. The van der Waals surface area contributed by atoms with Crippen LogP contribution in [0.5, 0.6) is 5.75 Å². The van der Waals surface area contributed by atoms with Gasteiger partial charge in [-0.1, -0.05) is 49.4 Å². The Hall–Kier alpha value is -1.95. The molecule has 0 radical (unpaired) electrons. The zero-order chi connectivity index (χ0) is 19.6. The highest BCUT2D eigenvalue weighted by Crippen LogP contribution is 2.28. The Morgan fingerprint density at radius 3 is 2.07 bits per heavy atom. The number of esters is 1. The highest BCUT2D eigenvalue weighted by molar-refractivity contribution is 7.08. The number of ether oxygens (including phenoxy) is 2. The second kappa shape index (κ2) is 11.1. The molecule has 5 nitrogen and oxygen atoms in total. The van der Waals surface area contributed by atoms with Gasteiger partial charge in [0, 0.05) is 5.56 Å². The average molecular weight is 403 g/mol. The highest BCUT2D eigenvalue weighted by Gasteiger charge is 2.23. The normalized spacial score (nSPS) is 17.3. The van der Waals surface area contributed by atoms with Gasteiger partial charge in [-0.2, -0.15) is 0 Å². The maximum absolute atomic E-state index is 12.8. The first-order valence-corrected chi connectivity index (χ1v) is 11.2. The van der Waals surface area contributed by atoms with E-state index in [-0.39, 0.29) is 12.1 Å². The summed E-state index contributed by atoms with van der Waals surface area (Å²) >= 11 is 1.11. The van der Waals surface area contributed by atoms with Gasteiger partial charge < -0.3 is 9.47 Å². The molecule has 0 atom stereocenters. The molecule has 0 bridgehead atoms. The summed E-state index contributed by atoms with van der Waals surface area (Å²) in [5.74, 6) is 0.474. The minimum atomic E-state index is -0.294. The van der Waals surface area contributed by atoms with Crippen molar-refractivity contribution in [3.8, 4) is 17.0 Å². The number of methoxy groups -OCH3 is 1. The van der Waals surface area contributed by atoms with Gasteiger partial charge in [-0.15, -0.1) is 5.10 Å². The molecular weight excluding hydrogens is 372 g/mol. The summed E-state index contributed by atoms with van der Waals surface area (Å²) < 4.78 is 15.1. The summed E-state index contributed by atoms with van der Waals surface area (Å²) in [7, 11) is 1.63. The average Bonchev–Trinajstić information content (AvgIpc) is 3.20. The van der Waals surface area contributed by atoms with Gasteiger partial charge in [0.2, 0.25) is 0 Å². The molecule has 28 heavy (non-hydrogen) atoms. The molecule has 1 aliphatic carbocycles. The van der Waals surface area contributed by atoms with Crippen molar-refractivity contribution in [2.24, 2.45) is 0 Å². The summed E-state index contributed by atoms with van der Waals surface area (Å²) in [6.45, 7) is 0. The molecule has 0 unspecified atom stereocenters. The van der Waals surface area contributed by atoms with E-state index in [0.29, 0.717) is 10.6 Å². The minimum Gasteiger partial charge on any atom is -0.497 e. The van der Waals surface area contributed by atoms with E-state index in [9.17, 15) is 4.79 Å². The van der Waals surface area contributed by atoms with E-state index < -0.39 is 0 Å². The van der Waals surface area contributed by atoms with Crippen LogP contribution in [-0.4, -0.2) is 28.8 Å². The Morgan fingerprint density at radius 1 is 0.929 bits per heavy atom. The fraction of sp³-hybridized carbons (Fsp3) is 0.591. The molecule has 1 aromatic carbocycles. The summed E-state index contributed by atoms with van der Waals surface area (Å²) in [5, 5.41) is 4.17. The molecule has 1 fully saturated rings. The quantitative estimate of drug-likeness (QED) is 0.583. The van der Waals surface area contributed by atoms with Gasteiger partial charge in [0.05, 0.1) is 7.11 Å². The Kier molecular flexibility index (Phi) is 8.27. The molecule has 0 aliphatic heterocycles. The van der Waals surface area contributed by atoms with Gasteiger partial charge in [0.15, 0.2) is 4.88 Å². The number of rotatable bonds is 4. The highest BCUT2D eigenvalue weighted by atomic mass is 32.1. The van der Waals surface area contributed by atoms with Crippen molar-refractivity contribution in [2.75, 3.05) is 7.11 Å². The Labute approximate surface area is 171 Å². The second-order valence-electron chi connectivity index (χ2n) is 7.47. The van der Waals surface area contributed by atoms with Gasteiger partial charge in [0.1, 0.15) is 17.5 Å². The van der Waals surface area contributed by atoms with E-state index >= 15 is 0 Å². The lowest BCUT2D eigenvalue weighted by Crippen LogP contribution is -2.18. The largest absolute Gasteiger partial charge is 0.497 e. The van der Waals surface area contributed by atoms with Crippen molar-refractivity contribution in [1.29, 1.82) is 0 Å². The van der Waals surface area contributed by atoms with Crippen molar-refractivity contribution in [2.45, 2.75) is 76.7 Å². The molecule has 1 aliphatic rings. The molecular formula is C22H30N2O3S. The molecule has 1 heterocycles. The zero-order valence-corrected chi connectivity index (χ0v) is 17.5. The number of carbonyl (C=O) groups excluding carboxylic acids is 1. The first kappa shape index (κ1) is 20.8. The first-order valence-electron chi connectivity index (χ1n) is 10.5. The third-order valence-electron chi connectivity index (χ3n) is 5.36. The number of benzene rings is 1. The van der Waals surface area contributed by atoms with Crippen LogP contribution < -0.4 is 4.74 Å². The van der Waals surface area contributed by atoms with Crippen LogP contribution in [-0.2, 0) is 4.74 Å². The number of aromatic nitrogens is 2. The van der Waals surface area contributed by atoms with Crippen molar-refractivity contribution in [1.82, 2.24) is 9.59 Å². The van der Waals surface area contributed by atoms with Crippen LogP contribution in [0.25, 0.3) is 11.3 Å². The standard InChI is InChI=1S/C22H30N2O3S/c1-26-18-15-13-17(14-16-18)20-21(28-24-23-20)22(25)27-19-11-9-7-5-3-2-4-6-8-10-12-19/h13-16,19H,2-12H2,1H3. The van der Waals surface area contributed by atoms with E-state index in [1.165, 1.54) is 44.9 Å². The molecule has 6 heteroatoms. The van der Waals surface area contributed by atoms with E-state index in [1.54, 1.807) is 7.11 Å². The van der Waals surface area contributed by atoms with Gasteiger partial charge in [-0.25, -0.2) is 4.79 Å². The predicted octanol–water partition coefficient (Wildman–Crippen LogP) is 6.04. The monoisotopic (exact) mass is 402 g/mol. The third kappa shape index (κ3) is 6.03. The van der Waals surface area contributed by atoms with E-state index in [4.69, 9.17) is 9.47 Å². The summed E-state index contributed by atoms with van der Waals surface area (Å²) in [4.78, 5) is 13.3. The van der Waals surface area contributed by atoms with Crippen LogP contribution >= 0.6 is 11.5 Å². The van der Waals surface area contributed by atoms with Gasteiger partial charge in [0.25, 0.3) is 0 Å². The smallest absolute Gasteiger partial charge is 0.352 e. The fourth-order valence-electron chi connectivity index (χ4n) is 3.71. The van der Waals surface area contributed by atoms with E-state index in [2.05, 4.69) is 9.59 Å².